The van der Waals surface area contributed by atoms with Crippen LogP contribution in [0.3, 0.4) is 0 Å². The van der Waals surface area contributed by atoms with Gasteiger partial charge in [0.2, 0.25) is 0 Å². The maximum absolute atomic E-state index is 11.3. The minimum absolute atomic E-state index is 0.285. The van der Waals surface area contributed by atoms with Gasteiger partial charge in [0.25, 0.3) is 0 Å². The lowest BCUT2D eigenvalue weighted by Gasteiger charge is -2.11. The predicted octanol–water partition coefficient (Wildman–Crippen LogP) is 4.11. The van der Waals surface area contributed by atoms with E-state index in [-0.39, 0.29) is 6.61 Å². The van der Waals surface area contributed by atoms with Gasteiger partial charge in [-0.25, -0.2) is 4.79 Å². The summed E-state index contributed by atoms with van der Waals surface area (Å²) in [5.74, 6) is 0.0679. The van der Waals surface area contributed by atoms with Gasteiger partial charge in [0.1, 0.15) is 5.75 Å². The van der Waals surface area contributed by atoms with E-state index in [2.05, 4.69) is 0 Å². The molecule has 0 radical (unpaired) electrons. The van der Waals surface area contributed by atoms with Gasteiger partial charge in [-0.15, -0.1) is 11.6 Å². The summed E-state index contributed by atoms with van der Waals surface area (Å²) in [6, 6.07) is 4.68. The summed E-state index contributed by atoms with van der Waals surface area (Å²) in [5, 5.41) is 0.802. The number of esters is 1. The van der Waals surface area contributed by atoms with Gasteiger partial charge in [0.15, 0.2) is 12.2 Å². The summed E-state index contributed by atoms with van der Waals surface area (Å²) in [6.07, 6.45) is 0.372. The lowest BCUT2D eigenvalue weighted by atomic mass is 10.3. The molecule has 0 fully saturated rings. The first-order valence-electron chi connectivity index (χ1n) is 5.00. The Bertz CT molecular complexity index is 411. The molecule has 1 rings (SSSR count). The van der Waals surface area contributed by atoms with E-state index in [1.54, 1.807) is 12.1 Å². The van der Waals surface area contributed by atoms with Crippen molar-refractivity contribution in [3.63, 3.8) is 0 Å². The van der Waals surface area contributed by atoms with Crippen LogP contribution in [0, 0.1) is 0 Å². The normalized spacial score (nSPS) is 12.0. The summed E-state index contributed by atoms with van der Waals surface area (Å²) in [6.45, 7) is -0.285. The van der Waals surface area contributed by atoms with Crippen LogP contribution in [-0.4, -0.2) is 24.0 Å². The number of carbonyl (C=O) groups excluding carboxylic acids is 1. The molecule has 0 aromatic heterocycles. The first-order chi connectivity index (χ1) is 8.52. The van der Waals surface area contributed by atoms with Gasteiger partial charge in [-0.2, -0.15) is 0 Å². The molecule has 0 spiro atoms. The van der Waals surface area contributed by atoms with E-state index in [1.807, 2.05) is 0 Å². The highest BCUT2D eigenvalue weighted by Gasteiger charge is 2.12. The highest BCUT2D eigenvalue weighted by Crippen LogP contribution is 2.27. The molecule has 0 saturated heterocycles. The zero-order valence-electron chi connectivity index (χ0n) is 9.17. The molecule has 0 bridgehead atoms. The van der Waals surface area contributed by atoms with E-state index in [9.17, 15) is 4.79 Å². The lowest BCUT2D eigenvalue weighted by Crippen LogP contribution is -2.19. The number of carbonyl (C=O) groups is 1. The Morgan fingerprint density at radius 2 is 2.06 bits per heavy atom. The monoisotopic (exact) mass is 330 g/mol. The van der Waals surface area contributed by atoms with Crippen LogP contribution in [0.5, 0.6) is 5.75 Å². The molecule has 0 aliphatic rings. The summed E-state index contributed by atoms with van der Waals surface area (Å²) >= 11 is 22.7. The minimum atomic E-state index is -0.751. The molecule has 18 heavy (non-hydrogen) atoms. The van der Waals surface area contributed by atoms with Gasteiger partial charge in [0, 0.05) is 17.3 Å². The second kappa shape index (κ2) is 7.95. The molecule has 0 aliphatic heterocycles. The maximum atomic E-state index is 11.3. The molecular formula is C11H10Cl4O3. The van der Waals surface area contributed by atoms with Crippen LogP contribution in [-0.2, 0) is 9.53 Å². The number of benzene rings is 1. The van der Waals surface area contributed by atoms with Crippen LogP contribution in [0.15, 0.2) is 18.2 Å². The fourth-order valence-corrected chi connectivity index (χ4v) is 2.03. The van der Waals surface area contributed by atoms with Crippen LogP contribution >= 0.6 is 46.4 Å². The smallest absolute Gasteiger partial charge is 0.345 e. The predicted molar refractivity (Wildman–Crippen MR) is 73.0 cm³/mol. The largest absolute Gasteiger partial charge is 0.480 e. The second-order valence-corrected chi connectivity index (χ2v) is 4.95. The first kappa shape index (κ1) is 15.7. The Hall–Kier alpha value is -0.350. The number of ether oxygens (including phenoxy) is 2. The molecule has 1 aromatic carbocycles. The Labute approximate surface area is 125 Å². The van der Waals surface area contributed by atoms with Crippen LogP contribution in [0.1, 0.15) is 6.42 Å². The standard InChI is InChI=1S/C11H10Cl4O3/c12-4-3-10(15)18-11(16)6-17-9-2-1-7(13)5-8(9)14/h1-2,5,10H,3-4,6H2. The van der Waals surface area contributed by atoms with Crippen LogP contribution in [0.2, 0.25) is 10.0 Å². The highest BCUT2D eigenvalue weighted by atomic mass is 35.5. The van der Waals surface area contributed by atoms with Crippen molar-refractivity contribution in [3.8, 4) is 5.75 Å². The topological polar surface area (TPSA) is 35.5 Å². The van der Waals surface area contributed by atoms with Gasteiger partial charge < -0.3 is 9.47 Å². The Morgan fingerprint density at radius 1 is 1.33 bits per heavy atom. The number of rotatable bonds is 6. The quantitative estimate of drug-likeness (QED) is 0.581. The molecule has 7 heteroatoms. The molecule has 3 nitrogen and oxygen atoms in total. The summed E-state index contributed by atoms with van der Waals surface area (Å²) in [4.78, 5) is 11.3. The first-order valence-corrected chi connectivity index (χ1v) is 6.73. The van der Waals surface area contributed by atoms with E-state index < -0.39 is 11.5 Å². The highest BCUT2D eigenvalue weighted by molar-refractivity contribution is 6.35. The Kier molecular flexibility index (Phi) is 6.94. The van der Waals surface area contributed by atoms with Crippen molar-refractivity contribution < 1.29 is 14.3 Å². The number of alkyl halides is 2. The zero-order valence-corrected chi connectivity index (χ0v) is 12.2. The van der Waals surface area contributed by atoms with Crippen molar-refractivity contribution in [1.82, 2.24) is 0 Å². The third-order valence-corrected chi connectivity index (χ3v) is 2.89. The molecule has 100 valence electrons. The molecule has 0 saturated carbocycles. The Morgan fingerprint density at radius 3 is 2.67 bits per heavy atom. The zero-order chi connectivity index (χ0) is 13.5. The van der Waals surface area contributed by atoms with E-state index in [0.29, 0.717) is 28.1 Å². The van der Waals surface area contributed by atoms with Crippen LogP contribution < -0.4 is 4.74 Å². The average Bonchev–Trinajstić information content (AvgIpc) is 2.28. The molecule has 1 aromatic rings. The van der Waals surface area contributed by atoms with E-state index in [0.717, 1.165) is 0 Å². The molecular weight excluding hydrogens is 322 g/mol. The summed E-state index contributed by atoms with van der Waals surface area (Å²) in [5.41, 5.74) is -0.751. The van der Waals surface area contributed by atoms with Crippen molar-refractivity contribution in [2.45, 2.75) is 12.0 Å². The van der Waals surface area contributed by atoms with Gasteiger partial charge in [0.05, 0.1) is 5.02 Å². The van der Waals surface area contributed by atoms with Gasteiger partial charge >= 0.3 is 5.97 Å². The van der Waals surface area contributed by atoms with Crippen LogP contribution in [0.4, 0.5) is 0 Å². The van der Waals surface area contributed by atoms with Crippen molar-refractivity contribution in [3.05, 3.63) is 28.2 Å². The minimum Gasteiger partial charge on any atom is -0.480 e. The van der Waals surface area contributed by atoms with E-state index >= 15 is 0 Å². The van der Waals surface area contributed by atoms with Crippen molar-refractivity contribution in [2.24, 2.45) is 0 Å². The molecule has 0 aliphatic carbocycles. The number of halogens is 4. The van der Waals surface area contributed by atoms with E-state index in [1.165, 1.54) is 6.07 Å². The fraction of sp³-hybridized carbons (Fsp3) is 0.364. The van der Waals surface area contributed by atoms with Gasteiger partial charge in [-0.1, -0.05) is 34.8 Å². The molecule has 1 atom stereocenters. The third kappa shape index (κ3) is 5.53. The summed E-state index contributed by atoms with van der Waals surface area (Å²) < 4.78 is 10.00. The van der Waals surface area contributed by atoms with E-state index in [4.69, 9.17) is 55.9 Å². The number of hydrogen-bond donors (Lipinski definition) is 0. The third-order valence-electron chi connectivity index (χ3n) is 1.83. The summed E-state index contributed by atoms with van der Waals surface area (Å²) in [7, 11) is 0. The Balaban J connectivity index is 2.42. The SMILES string of the molecule is O=C(COc1ccc(Cl)cc1Cl)OC(Cl)CCCl. The molecule has 1 unspecified atom stereocenters. The molecule has 0 heterocycles. The van der Waals surface area contributed by atoms with Crippen molar-refractivity contribution in [2.75, 3.05) is 12.5 Å². The van der Waals surface area contributed by atoms with Crippen molar-refractivity contribution >= 4 is 52.4 Å². The lowest BCUT2D eigenvalue weighted by molar-refractivity contribution is -0.147. The number of hydrogen-bond acceptors (Lipinski definition) is 3. The van der Waals surface area contributed by atoms with Crippen LogP contribution in [0.25, 0.3) is 0 Å². The average molecular weight is 332 g/mol. The van der Waals surface area contributed by atoms with Gasteiger partial charge in [-0.05, 0) is 18.2 Å². The maximum Gasteiger partial charge on any atom is 0.345 e. The molecule has 0 amide bonds. The second-order valence-electron chi connectivity index (χ2n) is 3.24. The molecule has 0 N–H and O–H groups in total. The fourth-order valence-electron chi connectivity index (χ4n) is 1.05. The van der Waals surface area contributed by atoms with Gasteiger partial charge in [-0.3, -0.25) is 0 Å². The van der Waals surface area contributed by atoms with Crippen molar-refractivity contribution in [1.29, 1.82) is 0 Å².